The monoisotopic (exact) mass is 386 g/mol. The van der Waals surface area contributed by atoms with Crippen LogP contribution in [-0.4, -0.2) is 46.7 Å². The van der Waals surface area contributed by atoms with Crippen LogP contribution in [0.25, 0.3) is 0 Å². The van der Waals surface area contributed by atoms with E-state index in [1.807, 2.05) is 34.6 Å². The SMILES string of the molecule is CC.CC.CCC(O)CN.NCCCC1C2CCC(O)C3=C2C1CCC3O. The van der Waals surface area contributed by atoms with Crippen molar-refractivity contribution in [2.24, 2.45) is 29.2 Å². The zero-order valence-corrected chi connectivity index (χ0v) is 18.3. The standard InChI is InChI=1S/C14H23NO2.C4H11NO.2C2H6/c15-7-1-2-8-9-3-5-11(16)14-12(17)6-4-10(8)13(9)14;1-2-4(6)3-5;2*1-2/h8-12,16-17H,1-7,15H2;4,6H,2-3,5H2,1H3;2*1-2H3. The van der Waals surface area contributed by atoms with Crippen LogP contribution < -0.4 is 11.5 Å². The Morgan fingerprint density at radius 2 is 1.37 bits per heavy atom. The normalized spacial score (nSPS) is 31.6. The van der Waals surface area contributed by atoms with Gasteiger partial charge in [-0.2, -0.15) is 0 Å². The second-order valence-electron chi connectivity index (χ2n) is 7.20. The quantitative estimate of drug-likeness (QED) is 0.466. The third kappa shape index (κ3) is 6.82. The van der Waals surface area contributed by atoms with E-state index in [2.05, 4.69) is 0 Å². The number of aliphatic hydroxyl groups is 3. The molecule has 7 N–H and O–H groups in total. The molecule has 5 heteroatoms. The summed E-state index contributed by atoms with van der Waals surface area (Å²) < 4.78 is 0. The van der Waals surface area contributed by atoms with Crippen LogP contribution in [0.5, 0.6) is 0 Å². The number of hydrogen-bond donors (Lipinski definition) is 5. The van der Waals surface area contributed by atoms with Crippen LogP contribution in [-0.2, 0) is 0 Å². The van der Waals surface area contributed by atoms with Crippen molar-refractivity contribution in [2.75, 3.05) is 13.1 Å². The molecular weight excluding hydrogens is 340 g/mol. The van der Waals surface area contributed by atoms with Crippen molar-refractivity contribution in [3.05, 3.63) is 11.1 Å². The predicted octanol–water partition coefficient (Wildman–Crippen LogP) is 2.96. The van der Waals surface area contributed by atoms with Gasteiger partial charge in [0.2, 0.25) is 0 Å². The Morgan fingerprint density at radius 1 is 0.889 bits per heavy atom. The van der Waals surface area contributed by atoms with E-state index in [1.165, 1.54) is 12.0 Å². The summed E-state index contributed by atoms with van der Waals surface area (Å²) in [5.41, 5.74) is 13.1. The van der Waals surface area contributed by atoms with E-state index < -0.39 is 0 Å². The summed E-state index contributed by atoms with van der Waals surface area (Å²) in [6.07, 6.45) is 5.99. The predicted molar refractivity (Wildman–Crippen MR) is 114 cm³/mol. The van der Waals surface area contributed by atoms with Gasteiger partial charge in [0.15, 0.2) is 0 Å². The molecule has 0 radical (unpaired) electrons. The largest absolute Gasteiger partial charge is 0.392 e. The molecule has 0 amide bonds. The van der Waals surface area contributed by atoms with Crippen LogP contribution in [0.4, 0.5) is 0 Å². The fourth-order valence-electron chi connectivity index (χ4n) is 4.58. The molecular formula is C22H46N2O3. The molecule has 3 aliphatic rings. The molecule has 0 aromatic carbocycles. The third-order valence-corrected chi connectivity index (χ3v) is 5.87. The summed E-state index contributed by atoms with van der Waals surface area (Å²) in [5, 5.41) is 28.6. The molecule has 0 aliphatic heterocycles. The molecule has 0 aromatic rings. The molecule has 1 fully saturated rings. The van der Waals surface area contributed by atoms with Gasteiger partial charge < -0.3 is 26.8 Å². The van der Waals surface area contributed by atoms with Gasteiger partial charge in [-0.25, -0.2) is 0 Å². The molecule has 0 bridgehead atoms. The molecule has 3 rings (SSSR count). The highest BCUT2D eigenvalue weighted by atomic mass is 16.3. The van der Waals surface area contributed by atoms with Crippen molar-refractivity contribution in [1.82, 2.24) is 0 Å². The van der Waals surface area contributed by atoms with Crippen molar-refractivity contribution < 1.29 is 15.3 Å². The topological polar surface area (TPSA) is 113 Å². The first-order chi connectivity index (χ1) is 13.0. The van der Waals surface area contributed by atoms with E-state index in [0.29, 0.717) is 18.4 Å². The summed E-state index contributed by atoms with van der Waals surface area (Å²) in [7, 11) is 0. The van der Waals surface area contributed by atoms with Gasteiger partial charge in [0.1, 0.15) is 0 Å². The lowest BCUT2D eigenvalue weighted by molar-refractivity contribution is 0.0288. The first kappa shape index (κ1) is 26.5. The van der Waals surface area contributed by atoms with Crippen molar-refractivity contribution in [1.29, 1.82) is 0 Å². The molecule has 162 valence electrons. The number of rotatable bonds is 5. The van der Waals surface area contributed by atoms with Crippen LogP contribution in [0.1, 0.15) is 79.6 Å². The first-order valence-corrected chi connectivity index (χ1v) is 11.2. The van der Waals surface area contributed by atoms with Gasteiger partial charge in [0.25, 0.3) is 0 Å². The second kappa shape index (κ2) is 14.5. The molecule has 5 nitrogen and oxygen atoms in total. The minimum Gasteiger partial charge on any atom is -0.392 e. The van der Waals surface area contributed by atoms with E-state index >= 15 is 0 Å². The highest BCUT2D eigenvalue weighted by Crippen LogP contribution is 2.59. The van der Waals surface area contributed by atoms with Crippen LogP contribution in [0.15, 0.2) is 11.1 Å². The van der Waals surface area contributed by atoms with Gasteiger partial charge in [-0.05, 0) is 74.8 Å². The molecule has 1 saturated carbocycles. The highest BCUT2D eigenvalue weighted by Gasteiger charge is 2.51. The lowest BCUT2D eigenvalue weighted by Gasteiger charge is -2.55. The van der Waals surface area contributed by atoms with Gasteiger partial charge in [-0.3, -0.25) is 0 Å². The fourth-order valence-corrected chi connectivity index (χ4v) is 4.58. The van der Waals surface area contributed by atoms with E-state index in [0.717, 1.165) is 56.6 Å². The van der Waals surface area contributed by atoms with Crippen molar-refractivity contribution in [3.8, 4) is 0 Å². The molecule has 5 unspecified atom stereocenters. The highest BCUT2D eigenvalue weighted by molar-refractivity contribution is 5.38. The maximum absolute atomic E-state index is 10.0. The second-order valence-corrected chi connectivity index (χ2v) is 7.20. The number of allylic oxidation sites excluding steroid dienone is 1. The van der Waals surface area contributed by atoms with Gasteiger partial charge >= 0.3 is 0 Å². The van der Waals surface area contributed by atoms with Gasteiger partial charge in [0, 0.05) is 6.54 Å². The maximum Gasteiger partial charge on any atom is 0.0778 e. The molecule has 5 atom stereocenters. The average Bonchev–Trinajstić information content (AvgIpc) is 2.72. The van der Waals surface area contributed by atoms with Crippen LogP contribution >= 0.6 is 0 Å². The Bertz CT molecular complexity index is 384. The minimum absolute atomic E-state index is 0.287. The Balaban J connectivity index is 0.000000577. The fraction of sp³-hybridized carbons (Fsp3) is 0.909. The van der Waals surface area contributed by atoms with Crippen LogP contribution in [0.3, 0.4) is 0 Å². The molecule has 0 spiro atoms. The van der Waals surface area contributed by atoms with Crippen molar-refractivity contribution in [2.45, 2.75) is 97.9 Å². The average molecular weight is 387 g/mol. The Morgan fingerprint density at radius 3 is 1.70 bits per heavy atom. The summed E-state index contributed by atoms with van der Waals surface area (Å²) in [4.78, 5) is 0. The summed E-state index contributed by atoms with van der Waals surface area (Å²) >= 11 is 0. The molecule has 0 heterocycles. The third-order valence-electron chi connectivity index (χ3n) is 5.87. The lowest BCUT2D eigenvalue weighted by atomic mass is 9.50. The van der Waals surface area contributed by atoms with Gasteiger partial charge in [-0.1, -0.05) is 40.2 Å². The van der Waals surface area contributed by atoms with Crippen LogP contribution in [0, 0.1) is 17.8 Å². The lowest BCUT2D eigenvalue weighted by Crippen LogP contribution is -2.49. The van der Waals surface area contributed by atoms with E-state index in [-0.39, 0.29) is 18.3 Å². The van der Waals surface area contributed by atoms with E-state index in [4.69, 9.17) is 16.6 Å². The molecule has 0 saturated heterocycles. The zero-order chi connectivity index (χ0) is 21.0. The van der Waals surface area contributed by atoms with Crippen molar-refractivity contribution in [3.63, 3.8) is 0 Å². The van der Waals surface area contributed by atoms with Crippen molar-refractivity contribution >= 4 is 0 Å². The smallest absolute Gasteiger partial charge is 0.0778 e. The summed E-state index contributed by atoms with van der Waals surface area (Å²) in [5.74, 6) is 2.09. The Hall–Kier alpha value is -0.460. The Labute approximate surface area is 167 Å². The first-order valence-electron chi connectivity index (χ1n) is 11.2. The Kier molecular flexibility index (Phi) is 14.3. The van der Waals surface area contributed by atoms with E-state index in [9.17, 15) is 10.2 Å². The van der Waals surface area contributed by atoms with Gasteiger partial charge in [-0.15, -0.1) is 0 Å². The number of nitrogens with two attached hydrogens (primary N) is 2. The van der Waals surface area contributed by atoms with Gasteiger partial charge in [0.05, 0.1) is 18.3 Å². The molecule has 3 aliphatic carbocycles. The van der Waals surface area contributed by atoms with Crippen LogP contribution in [0.2, 0.25) is 0 Å². The molecule has 27 heavy (non-hydrogen) atoms. The minimum atomic E-state index is -0.366. The maximum atomic E-state index is 10.0. The van der Waals surface area contributed by atoms with E-state index in [1.54, 1.807) is 0 Å². The zero-order valence-electron chi connectivity index (χ0n) is 18.3. The number of aliphatic hydroxyl groups excluding tert-OH is 3. The summed E-state index contributed by atoms with van der Waals surface area (Å²) in [6.45, 7) is 11.1. The summed E-state index contributed by atoms with van der Waals surface area (Å²) in [6, 6.07) is 0. The molecule has 0 aromatic heterocycles. The number of hydrogen-bond acceptors (Lipinski definition) is 5.